The molecule has 0 unspecified atom stereocenters. The Morgan fingerprint density at radius 3 is 2.60 bits per heavy atom. The predicted octanol–water partition coefficient (Wildman–Crippen LogP) is 5.71. The molecular formula is C18H21Cl2N3OS. The van der Waals surface area contributed by atoms with Gasteiger partial charge in [-0.25, -0.2) is 4.79 Å². The molecule has 0 atom stereocenters. The number of amides is 2. The largest absolute Gasteiger partial charge is 0.370 e. The number of hydrogen-bond donors (Lipinski definition) is 1. The van der Waals surface area contributed by atoms with Gasteiger partial charge in [0.05, 0.1) is 21.6 Å². The summed E-state index contributed by atoms with van der Waals surface area (Å²) >= 11 is 13.8. The van der Waals surface area contributed by atoms with Crippen molar-refractivity contribution in [3.8, 4) is 0 Å². The van der Waals surface area contributed by atoms with Gasteiger partial charge in [-0.05, 0) is 49.6 Å². The van der Waals surface area contributed by atoms with Crippen molar-refractivity contribution < 1.29 is 4.79 Å². The van der Waals surface area contributed by atoms with E-state index in [-0.39, 0.29) is 6.03 Å². The molecule has 3 rings (SSSR count). The first-order valence-corrected chi connectivity index (χ1v) is 9.91. The van der Waals surface area contributed by atoms with Crippen LogP contribution < -0.4 is 10.2 Å². The number of rotatable bonds is 4. The van der Waals surface area contributed by atoms with Crippen molar-refractivity contribution in [2.24, 2.45) is 0 Å². The van der Waals surface area contributed by atoms with Gasteiger partial charge in [-0.15, -0.1) is 11.3 Å². The molecule has 1 aromatic carbocycles. The van der Waals surface area contributed by atoms with Crippen LogP contribution in [-0.4, -0.2) is 31.1 Å². The van der Waals surface area contributed by atoms with Crippen molar-refractivity contribution in [1.82, 2.24) is 4.90 Å². The summed E-state index contributed by atoms with van der Waals surface area (Å²) in [5, 5.41) is 3.57. The number of carbonyl (C=O) groups excluding carboxylic acids is 1. The summed E-state index contributed by atoms with van der Waals surface area (Å²) in [7, 11) is 1.76. The van der Waals surface area contributed by atoms with E-state index in [0.717, 1.165) is 28.0 Å². The molecule has 0 aliphatic carbocycles. The van der Waals surface area contributed by atoms with Gasteiger partial charge >= 0.3 is 6.03 Å². The topological polar surface area (TPSA) is 35.6 Å². The molecule has 7 heteroatoms. The molecule has 1 aliphatic rings. The van der Waals surface area contributed by atoms with Crippen LogP contribution in [-0.2, 0) is 6.54 Å². The van der Waals surface area contributed by atoms with Gasteiger partial charge in [-0.3, -0.25) is 0 Å². The predicted molar refractivity (Wildman–Crippen MR) is 107 cm³/mol. The molecule has 1 saturated heterocycles. The lowest BCUT2D eigenvalue weighted by Crippen LogP contribution is -2.31. The Labute approximate surface area is 162 Å². The van der Waals surface area contributed by atoms with Crippen LogP contribution >= 0.6 is 34.5 Å². The third-order valence-electron chi connectivity index (χ3n) is 4.26. The lowest BCUT2D eigenvalue weighted by atomic mass is 10.1. The van der Waals surface area contributed by atoms with E-state index in [1.54, 1.807) is 11.9 Å². The number of benzene rings is 1. The van der Waals surface area contributed by atoms with Gasteiger partial charge in [0.2, 0.25) is 0 Å². The molecule has 25 heavy (non-hydrogen) atoms. The molecular weight excluding hydrogens is 377 g/mol. The van der Waals surface area contributed by atoms with E-state index in [2.05, 4.69) is 10.2 Å². The van der Waals surface area contributed by atoms with E-state index in [9.17, 15) is 4.79 Å². The smallest absolute Gasteiger partial charge is 0.321 e. The van der Waals surface area contributed by atoms with E-state index in [1.807, 2.05) is 30.3 Å². The van der Waals surface area contributed by atoms with E-state index in [4.69, 9.17) is 23.2 Å². The van der Waals surface area contributed by atoms with Gasteiger partial charge in [0.1, 0.15) is 0 Å². The van der Waals surface area contributed by atoms with Crippen LogP contribution in [0.5, 0.6) is 0 Å². The number of carbonyl (C=O) groups is 1. The number of anilines is 2. The molecule has 1 aliphatic heterocycles. The highest BCUT2D eigenvalue weighted by atomic mass is 35.5. The van der Waals surface area contributed by atoms with Crippen LogP contribution in [0.3, 0.4) is 0 Å². The number of thiophene rings is 1. The van der Waals surface area contributed by atoms with Gasteiger partial charge in [0.25, 0.3) is 0 Å². The minimum Gasteiger partial charge on any atom is -0.370 e. The van der Waals surface area contributed by atoms with Crippen molar-refractivity contribution in [1.29, 1.82) is 0 Å². The molecule has 2 amide bonds. The first-order valence-electron chi connectivity index (χ1n) is 8.34. The van der Waals surface area contributed by atoms with Crippen molar-refractivity contribution in [2.75, 3.05) is 30.4 Å². The van der Waals surface area contributed by atoms with Crippen molar-refractivity contribution in [2.45, 2.75) is 25.8 Å². The molecule has 1 N–H and O–H groups in total. The molecule has 0 saturated carbocycles. The number of hydrogen-bond acceptors (Lipinski definition) is 3. The van der Waals surface area contributed by atoms with Crippen LogP contribution in [0.2, 0.25) is 9.36 Å². The average molecular weight is 398 g/mol. The molecule has 2 heterocycles. The summed E-state index contributed by atoms with van der Waals surface area (Å²) in [6, 6.07) is 9.31. The number of nitrogens with one attached hydrogen (secondary N) is 1. The minimum atomic E-state index is -0.175. The van der Waals surface area contributed by atoms with Crippen molar-refractivity contribution in [3.05, 3.63) is 44.6 Å². The van der Waals surface area contributed by atoms with Crippen LogP contribution in [0.15, 0.2) is 30.3 Å². The summed E-state index contributed by atoms with van der Waals surface area (Å²) in [5.41, 5.74) is 1.74. The van der Waals surface area contributed by atoms with E-state index >= 15 is 0 Å². The lowest BCUT2D eigenvalue weighted by Gasteiger charge is -2.29. The molecule has 134 valence electrons. The summed E-state index contributed by atoms with van der Waals surface area (Å²) in [4.78, 5) is 17.3. The molecule has 0 radical (unpaired) electrons. The second-order valence-corrected chi connectivity index (χ2v) is 8.41. The monoisotopic (exact) mass is 397 g/mol. The number of piperidine rings is 1. The third kappa shape index (κ3) is 4.81. The standard InChI is InChI=1S/C18H21Cl2N3OS/c1-22(12-14-6-8-17(20)25-14)18(24)21-13-5-7-16(15(19)11-13)23-9-3-2-4-10-23/h5-8,11H,2-4,9-10,12H2,1H3,(H,21,24). The Morgan fingerprint density at radius 2 is 1.96 bits per heavy atom. The van der Waals surface area contributed by atoms with Crippen LogP contribution in [0, 0.1) is 0 Å². The van der Waals surface area contributed by atoms with Gasteiger partial charge < -0.3 is 15.1 Å². The zero-order chi connectivity index (χ0) is 17.8. The second-order valence-electron chi connectivity index (χ2n) is 6.21. The molecule has 2 aromatic rings. The first-order chi connectivity index (χ1) is 12.0. The van der Waals surface area contributed by atoms with Gasteiger partial charge in [0.15, 0.2) is 0 Å². The van der Waals surface area contributed by atoms with E-state index < -0.39 is 0 Å². The summed E-state index contributed by atoms with van der Waals surface area (Å²) in [6.45, 7) is 2.60. The van der Waals surface area contributed by atoms with Crippen LogP contribution in [0.4, 0.5) is 16.2 Å². The Bertz CT molecular complexity index is 744. The Balaban J connectivity index is 1.61. The van der Waals surface area contributed by atoms with Crippen molar-refractivity contribution >= 4 is 51.9 Å². The number of nitrogens with zero attached hydrogens (tertiary/aromatic N) is 2. The van der Waals surface area contributed by atoms with Gasteiger partial charge in [0, 0.05) is 30.7 Å². The number of halogens is 2. The molecule has 4 nitrogen and oxygen atoms in total. The molecule has 1 aromatic heterocycles. The van der Waals surface area contributed by atoms with Crippen LogP contribution in [0.25, 0.3) is 0 Å². The first kappa shape index (κ1) is 18.4. The molecule has 0 spiro atoms. The fourth-order valence-electron chi connectivity index (χ4n) is 2.94. The van der Waals surface area contributed by atoms with Crippen LogP contribution in [0.1, 0.15) is 24.1 Å². The maximum Gasteiger partial charge on any atom is 0.321 e. The molecule has 0 bridgehead atoms. The zero-order valence-corrected chi connectivity index (χ0v) is 16.4. The van der Waals surface area contributed by atoms with Crippen molar-refractivity contribution in [3.63, 3.8) is 0 Å². The molecule has 1 fully saturated rings. The summed E-state index contributed by atoms with van der Waals surface area (Å²) in [6.07, 6.45) is 3.68. The maximum atomic E-state index is 12.4. The average Bonchev–Trinajstić information content (AvgIpc) is 3.00. The fourth-order valence-corrected chi connectivity index (χ4v) is 4.38. The fraction of sp³-hybridized carbons (Fsp3) is 0.389. The Hall–Kier alpha value is -1.43. The lowest BCUT2D eigenvalue weighted by molar-refractivity contribution is 0.221. The quantitative estimate of drug-likeness (QED) is 0.716. The maximum absolute atomic E-state index is 12.4. The van der Waals surface area contributed by atoms with Gasteiger partial charge in [-0.1, -0.05) is 23.2 Å². The van der Waals surface area contributed by atoms with E-state index in [1.165, 1.54) is 30.6 Å². The second kappa shape index (κ2) is 8.30. The highest BCUT2D eigenvalue weighted by Crippen LogP contribution is 2.31. The zero-order valence-electron chi connectivity index (χ0n) is 14.1. The Kier molecular flexibility index (Phi) is 6.10. The summed E-state index contributed by atoms with van der Waals surface area (Å²) < 4.78 is 0.726. The van der Waals surface area contributed by atoms with Gasteiger partial charge in [-0.2, -0.15) is 0 Å². The Morgan fingerprint density at radius 1 is 1.20 bits per heavy atom. The van der Waals surface area contributed by atoms with E-state index in [0.29, 0.717) is 17.3 Å². The summed E-state index contributed by atoms with van der Waals surface area (Å²) in [5.74, 6) is 0. The minimum absolute atomic E-state index is 0.175. The number of urea groups is 1. The highest BCUT2D eigenvalue weighted by molar-refractivity contribution is 7.16. The normalized spacial score (nSPS) is 14.4. The SMILES string of the molecule is CN(Cc1ccc(Cl)s1)C(=O)Nc1ccc(N2CCCCC2)c(Cl)c1. The highest BCUT2D eigenvalue weighted by Gasteiger charge is 2.15. The third-order valence-corrected chi connectivity index (χ3v) is 5.78.